The molecule has 1 aliphatic rings. The van der Waals surface area contributed by atoms with E-state index in [1.165, 1.54) is 0 Å². The van der Waals surface area contributed by atoms with E-state index in [-0.39, 0.29) is 23.8 Å². The highest BCUT2D eigenvalue weighted by atomic mass is 35.5. The molecule has 0 bridgehead atoms. The van der Waals surface area contributed by atoms with E-state index in [0.717, 1.165) is 16.8 Å². The third-order valence-corrected chi connectivity index (χ3v) is 7.00. The topological polar surface area (TPSA) is 85.0 Å². The average molecular weight is 491 g/mol. The summed E-state index contributed by atoms with van der Waals surface area (Å²) in [5.74, 6) is -0.293. The second kappa shape index (κ2) is 9.19. The van der Waals surface area contributed by atoms with Crippen LogP contribution < -0.4 is 5.32 Å². The SMILES string of the molecule is Cc1cc(C(=O)N[C@@H]2CCN(C(=O)c3cc(Cl)c4ncn(C)c4c3)C[C@@H]2c2ccccc2)n(C)n1. The van der Waals surface area contributed by atoms with Crippen molar-refractivity contribution >= 4 is 34.4 Å². The molecule has 5 rings (SSSR count). The average Bonchev–Trinajstić information content (AvgIpc) is 3.40. The Bertz CT molecular complexity index is 1410. The molecule has 2 aromatic heterocycles. The van der Waals surface area contributed by atoms with E-state index in [9.17, 15) is 9.59 Å². The van der Waals surface area contributed by atoms with E-state index in [0.29, 0.717) is 41.3 Å². The number of hydrogen-bond acceptors (Lipinski definition) is 4. The van der Waals surface area contributed by atoms with Gasteiger partial charge in [0.05, 0.1) is 22.6 Å². The number of rotatable bonds is 4. The fourth-order valence-electron chi connectivity index (χ4n) is 4.91. The molecule has 8 nitrogen and oxygen atoms in total. The van der Waals surface area contributed by atoms with Crippen LogP contribution in [0.3, 0.4) is 0 Å². The molecule has 3 heterocycles. The molecular formula is C26H27ClN6O2. The maximum Gasteiger partial charge on any atom is 0.269 e. The van der Waals surface area contributed by atoms with Gasteiger partial charge in [-0.3, -0.25) is 14.3 Å². The zero-order valence-corrected chi connectivity index (χ0v) is 20.7. The molecule has 2 atom stereocenters. The summed E-state index contributed by atoms with van der Waals surface area (Å²) in [7, 11) is 3.64. The highest BCUT2D eigenvalue weighted by Crippen LogP contribution is 2.30. The van der Waals surface area contributed by atoms with Gasteiger partial charge in [-0.1, -0.05) is 41.9 Å². The molecule has 0 unspecified atom stereocenters. The fraction of sp³-hybridized carbons (Fsp3) is 0.308. The summed E-state index contributed by atoms with van der Waals surface area (Å²) in [4.78, 5) is 32.8. The number of fused-ring (bicyclic) bond motifs is 1. The summed E-state index contributed by atoms with van der Waals surface area (Å²) in [5.41, 5.74) is 4.42. The zero-order chi connectivity index (χ0) is 24.7. The zero-order valence-electron chi connectivity index (χ0n) is 19.9. The minimum absolute atomic E-state index is 0.0527. The van der Waals surface area contributed by atoms with Crippen molar-refractivity contribution in [2.45, 2.75) is 25.3 Å². The van der Waals surface area contributed by atoms with Crippen LogP contribution in [0.1, 0.15) is 44.4 Å². The summed E-state index contributed by atoms with van der Waals surface area (Å²) in [6, 6.07) is 15.2. The lowest BCUT2D eigenvalue weighted by Gasteiger charge is -2.39. The fourth-order valence-corrected chi connectivity index (χ4v) is 5.17. The number of imidazole rings is 1. The van der Waals surface area contributed by atoms with Gasteiger partial charge in [-0.2, -0.15) is 5.10 Å². The van der Waals surface area contributed by atoms with Crippen molar-refractivity contribution in [2.24, 2.45) is 14.1 Å². The Hall–Kier alpha value is -3.65. The molecular weight excluding hydrogens is 464 g/mol. The monoisotopic (exact) mass is 490 g/mol. The van der Waals surface area contributed by atoms with Crippen molar-refractivity contribution in [1.29, 1.82) is 0 Å². The molecule has 1 N–H and O–H groups in total. The number of carbonyl (C=O) groups excluding carboxylic acids is 2. The number of nitrogens with zero attached hydrogens (tertiary/aromatic N) is 5. The number of halogens is 1. The summed E-state index contributed by atoms with van der Waals surface area (Å²) < 4.78 is 3.45. The van der Waals surface area contributed by atoms with Gasteiger partial charge in [0.1, 0.15) is 11.2 Å². The summed E-state index contributed by atoms with van der Waals surface area (Å²) in [6.45, 7) is 2.88. The Morgan fingerprint density at radius 2 is 1.89 bits per heavy atom. The largest absolute Gasteiger partial charge is 0.347 e. The first kappa shape index (κ1) is 23.1. The minimum Gasteiger partial charge on any atom is -0.347 e. The maximum atomic E-state index is 13.5. The number of likely N-dealkylation sites (tertiary alicyclic amines) is 1. The van der Waals surface area contributed by atoms with Crippen LogP contribution in [0, 0.1) is 6.92 Å². The van der Waals surface area contributed by atoms with Gasteiger partial charge in [0.25, 0.3) is 11.8 Å². The van der Waals surface area contributed by atoms with E-state index >= 15 is 0 Å². The van der Waals surface area contributed by atoms with E-state index in [2.05, 4.69) is 15.4 Å². The molecule has 2 amide bonds. The smallest absolute Gasteiger partial charge is 0.269 e. The van der Waals surface area contributed by atoms with Crippen LogP contribution in [0.15, 0.2) is 54.9 Å². The molecule has 180 valence electrons. The Kier molecular flexibility index (Phi) is 6.06. The number of aromatic nitrogens is 4. The normalized spacial score (nSPS) is 18.1. The van der Waals surface area contributed by atoms with Crippen molar-refractivity contribution < 1.29 is 9.59 Å². The van der Waals surface area contributed by atoms with E-state index < -0.39 is 0 Å². The molecule has 2 aromatic carbocycles. The molecule has 4 aromatic rings. The van der Waals surface area contributed by atoms with Crippen LogP contribution in [0.2, 0.25) is 5.02 Å². The van der Waals surface area contributed by atoms with Crippen LogP contribution in [0.4, 0.5) is 0 Å². The number of amides is 2. The predicted molar refractivity (Wildman–Crippen MR) is 135 cm³/mol. The van der Waals surface area contributed by atoms with Gasteiger partial charge in [0, 0.05) is 44.7 Å². The van der Waals surface area contributed by atoms with Crippen LogP contribution in [-0.2, 0) is 14.1 Å². The third-order valence-electron chi connectivity index (χ3n) is 6.71. The molecule has 1 fully saturated rings. The van der Waals surface area contributed by atoms with Crippen molar-refractivity contribution in [3.63, 3.8) is 0 Å². The maximum absolute atomic E-state index is 13.5. The Morgan fingerprint density at radius 3 is 2.60 bits per heavy atom. The van der Waals surface area contributed by atoms with Crippen molar-refractivity contribution in [1.82, 2.24) is 29.5 Å². The number of carbonyl (C=O) groups is 2. The molecule has 35 heavy (non-hydrogen) atoms. The van der Waals surface area contributed by atoms with Crippen molar-refractivity contribution in [2.75, 3.05) is 13.1 Å². The van der Waals surface area contributed by atoms with Crippen LogP contribution in [0.25, 0.3) is 11.0 Å². The Morgan fingerprint density at radius 1 is 1.11 bits per heavy atom. The minimum atomic E-state index is -0.160. The molecule has 0 spiro atoms. The molecule has 1 saturated heterocycles. The lowest BCUT2D eigenvalue weighted by Crippen LogP contribution is -2.51. The number of aryl methyl sites for hydroxylation is 3. The third kappa shape index (κ3) is 4.41. The predicted octanol–water partition coefficient (Wildman–Crippen LogP) is 3.70. The van der Waals surface area contributed by atoms with Crippen molar-refractivity contribution in [3.05, 3.63) is 82.4 Å². The van der Waals surface area contributed by atoms with Crippen LogP contribution in [0.5, 0.6) is 0 Å². The number of benzene rings is 2. The highest BCUT2D eigenvalue weighted by Gasteiger charge is 2.34. The van der Waals surface area contributed by atoms with Gasteiger partial charge in [-0.05, 0) is 37.1 Å². The van der Waals surface area contributed by atoms with Gasteiger partial charge >= 0.3 is 0 Å². The van der Waals surface area contributed by atoms with Gasteiger partial charge in [0.2, 0.25) is 0 Å². The lowest BCUT2D eigenvalue weighted by molar-refractivity contribution is 0.0671. The Balaban J connectivity index is 1.41. The second-order valence-corrected chi connectivity index (χ2v) is 9.52. The van der Waals surface area contributed by atoms with Crippen LogP contribution >= 0.6 is 11.6 Å². The molecule has 0 saturated carbocycles. The molecule has 0 radical (unpaired) electrons. The van der Waals surface area contributed by atoms with Crippen LogP contribution in [-0.4, -0.2) is 55.2 Å². The quantitative estimate of drug-likeness (QED) is 0.472. The number of nitrogens with one attached hydrogen (secondary N) is 1. The lowest BCUT2D eigenvalue weighted by atomic mass is 9.85. The van der Waals surface area contributed by atoms with Gasteiger partial charge in [-0.25, -0.2) is 4.98 Å². The first-order valence-electron chi connectivity index (χ1n) is 11.6. The number of hydrogen-bond donors (Lipinski definition) is 1. The van der Waals surface area contributed by atoms with Gasteiger partial charge < -0.3 is 14.8 Å². The Labute approximate surface area is 208 Å². The highest BCUT2D eigenvalue weighted by molar-refractivity contribution is 6.35. The van der Waals surface area contributed by atoms with Gasteiger partial charge in [-0.15, -0.1) is 0 Å². The summed E-state index contributed by atoms with van der Waals surface area (Å²) in [5, 5.41) is 7.95. The first-order valence-corrected chi connectivity index (χ1v) is 12.0. The summed E-state index contributed by atoms with van der Waals surface area (Å²) >= 11 is 6.44. The second-order valence-electron chi connectivity index (χ2n) is 9.11. The van der Waals surface area contributed by atoms with Gasteiger partial charge in [0.15, 0.2) is 0 Å². The standard InChI is InChI=1S/C26H27ClN6O2/c1-16-11-23(32(3)30-16)25(34)29-21-9-10-33(14-19(21)17-7-5-4-6-8-17)26(35)18-12-20(27)24-22(13-18)31(2)15-28-24/h4-8,11-13,15,19,21H,9-10,14H2,1-3H3,(H,29,34)/t19-,21-/m1/s1. The molecule has 9 heteroatoms. The molecule has 1 aliphatic heterocycles. The summed E-state index contributed by atoms with van der Waals surface area (Å²) in [6.07, 6.45) is 2.32. The van der Waals surface area contributed by atoms with E-state index in [1.807, 2.05) is 59.8 Å². The van der Waals surface area contributed by atoms with E-state index in [1.54, 1.807) is 30.2 Å². The number of piperidine rings is 1. The van der Waals surface area contributed by atoms with E-state index in [4.69, 9.17) is 11.6 Å². The van der Waals surface area contributed by atoms with Crippen molar-refractivity contribution in [3.8, 4) is 0 Å². The first-order chi connectivity index (χ1) is 16.8. The molecule has 0 aliphatic carbocycles.